The highest BCUT2D eigenvalue weighted by Crippen LogP contribution is 2.35. The maximum absolute atomic E-state index is 12.9. The van der Waals surface area contributed by atoms with Crippen molar-refractivity contribution in [2.24, 2.45) is 0 Å². The summed E-state index contributed by atoms with van der Waals surface area (Å²) < 4.78 is 49.6. The zero-order valence-electron chi connectivity index (χ0n) is 15.7. The Kier molecular flexibility index (Phi) is 5.60. The molecule has 0 aliphatic heterocycles. The monoisotopic (exact) mass is 453 g/mol. The van der Waals surface area contributed by atoms with Gasteiger partial charge in [-0.25, -0.2) is 4.98 Å². The van der Waals surface area contributed by atoms with Crippen molar-refractivity contribution >= 4 is 23.1 Å². The van der Waals surface area contributed by atoms with Crippen LogP contribution < -0.4 is 0 Å². The minimum atomic E-state index is -4.45. The van der Waals surface area contributed by atoms with Gasteiger partial charge in [0.2, 0.25) is 17.6 Å². The van der Waals surface area contributed by atoms with Crippen LogP contribution in [0.15, 0.2) is 43.8 Å². The second-order valence-corrected chi connectivity index (χ2v) is 8.65. The Morgan fingerprint density at radius 1 is 1.20 bits per heavy atom. The van der Waals surface area contributed by atoms with E-state index in [1.54, 1.807) is 18.3 Å². The van der Waals surface area contributed by atoms with E-state index in [0.29, 0.717) is 17.5 Å². The quantitative estimate of drug-likeness (QED) is 0.361. The molecule has 7 nitrogen and oxygen atoms in total. The average Bonchev–Trinajstić information content (AvgIpc) is 3.43. The van der Waals surface area contributed by atoms with E-state index in [9.17, 15) is 13.2 Å². The molecule has 0 aliphatic rings. The topological polar surface area (TPSA) is 90.7 Å². The maximum Gasteiger partial charge on any atom is 0.416 e. The number of rotatable bonds is 6. The molecular weight excluding hydrogens is 439 g/mol. The fourth-order valence-electron chi connectivity index (χ4n) is 2.56. The molecule has 0 bridgehead atoms. The average molecular weight is 453 g/mol. The van der Waals surface area contributed by atoms with Crippen molar-refractivity contribution in [2.75, 3.05) is 0 Å². The molecule has 1 atom stereocenters. The predicted molar refractivity (Wildman–Crippen MR) is 103 cm³/mol. The van der Waals surface area contributed by atoms with E-state index < -0.39 is 11.7 Å². The summed E-state index contributed by atoms with van der Waals surface area (Å²) in [5.41, 5.74) is 0.298. The smallest absolute Gasteiger partial charge is 0.416 e. The van der Waals surface area contributed by atoms with E-state index in [2.05, 4.69) is 25.3 Å². The first-order chi connectivity index (χ1) is 14.3. The molecule has 30 heavy (non-hydrogen) atoms. The molecule has 3 heterocycles. The predicted octanol–water partition coefficient (Wildman–Crippen LogP) is 5.35. The lowest BCUT2D eigenvalue weighted by Gasteiger charge is -2.06. The first-order valence-corrected chi connectivity index (χ1v) is 10.4. The number of benzene rings is 1. The van der Waals surface area contributed by atoms with Gasteiger partial charge >= 0.3 is 6.18 Å². The second kappa shape index (κ2) is 8.19. The summed E-state index contributed by atoms with van der Waals surface area (Å²) in [5, 5.41) is 14.7. The van der Waals surface area contributed by atoms with Crippen LogP contribution in [0.1, 0.15) is 40.2 Å². The van der Waals surface area contributed by atoms with Crippen LogP contribution in [-0.2, 0) is 12.6 Å². The Morgan fingerprint density at radius 3 is 2.77 bits per heavy atom. The number of thiazole rings is 1. The van der Waals surface area contributed by atoms with Crippen LogP contribution in [0, 0.1) is 6.92 Å². The summed E-state index contributed by atoms with van der Waals surface area (Å²) in [5.74, 6) is 0.751. The van der Waals surface area contributed by atoms with Gasteiger partial charge in [0.15, 0.2) is 0 Å². The third-order valence-electron chi connectivity index (χ3n) is 3.96. The molecular formula is C18H14F3N5O2S2. The number of thioether (sulfide) groups is 1. The molecule has 0 aliphatic carbocycles. The van der Waals surface area contributed by atoms with Gasteiger partial charge in [-0.1, -0.05) is 29.1 Å². The van der Waals surface area contributed by atoms with Gasteiger partial charge in [-0.2, -0.15) is 18.2 Å². The van der Waals surface area contributed by atoms with E-state index in [1.165, 1.54) is 23.9 Å². The Hall–Kier alpha value is -2.73. The van der Waals surface area contributed by atoms with Gasteiger partial charge in [0.1, 0.15) is 0 Å². The van der Waals surface area contributed by atoms with Crippen molar-refractivity contribution < 1.29 is 22.1 Å². The molecule has 1 unspecified atom stereocenters. The lowest BCUT2D eigenvalue weighted by atomic mass is 10.1. The normalized spacial score (nSPS) is 13.0. The van der Waals surface area contributed by atoms with Gasteiger partial charge in [0, 0.05) is 10.9 Å². The highest BCUT2D eigenvalue weighted by atomic mass is 32.2. The Balaban J connectivity index is 1.44. The van der Waals surface area contributed by atoms with Gasteiger partial charge in [0.05, 0.1) is 27.9 Å². The summed E-state index contributed by atoms with van der Waals surface area (Å²) >= 11 is 2.76. The summed E-state index contributed by atoms with van der Waals surface area (Å²) in [6, 6.07) is 4.77. The third kappa shape index (κ3) is 4.70. The van der Waals surface area contributed by atoms with Crippen molar-refractivity contribution in [2.45, 2.75) is 36.9 Å². The van der Waals surface area contributed by atoms with Gasteiger partial charge in [-0.15, -0.1) is 21.5 Å². The molecule has 0 N–H and O–H groups in total. The van der Waals surface area contributed by atoms with E-state index in [4.69, 9.17) is 8.94 Å². The van der Waals surface area contributed by atoms with E-state index in [0.717, 1.165) is 22.8 Å². The van der Waals surface area contributed by atoms with Crippen molar-refractivity contribution in [3.63, 3.8) is 0 Å². The van der Waals surface area contributed by atoms with Gasteiger partial charge < -0.3 is 8.94 Å². The Labute approximate surface area is 176 Å². The molecule has 0 amide bonds. The van der Waals surface area contributed by atoms with Crippen molar-refractivity contribution in [1.82, 2.24) is 25.3 Å². The van der Waals surface area contributed by atoms with Crippen LogP contribution in [0.5, 0.6) is 0 Å². The van der Waals surface area contributed by atoms with Crippen LogP contribution in [0.2, 0.25) is 0 Å². The summed E-state index contributed by atoms with van der Waals surface area (Å²) in [7, 11) is 0. The summed E-state index contributed by atoms with van der Waals surface area (Å²) in [6.07, 6.45) is -4.01. The molecule has 0 fully saturated rings. The molecule has 1 aromatic carbocycles. The second-order valence-electron chi connectivity index (χ2n) is 6.29. The van der Waals surface area contributed by atoms with Crippen LogP contribution >= 0.6 is 23.1 Å². The van der Waals surface area contributed by atoms with E-state index in [-0.39, 0.29) is 22.5 Å². The zero-order valence-corrected chi connectivity index (χ0v) is 17.3. The van der Waals surface area contributed by atoms with Gasteiger partial charge in [-0.05, 0) is 26.0 Å². The van der Waals surface area contributed by atoms with Crippen molar-refractivity contribution in [3.8, 4) is 11.4 Å². The lowest BCUT2D eigenvalue weighted by molar-refractivity contribution is -0.137. The zero-order chi connectivity index (χ0) is 21.3. The molecule has 4 aromatic rings. The molecule has 0 spiro atoms. The fraction of sp³-hybridized carbons (Fsp3) is 0.278. The number of aromatic nitrogens is 5. The van der Waals surface area contributed by atoms with E-state index in [1.807, 2.05) is 12.3 Å². The maximum atomic E-state index is 12.9. The molecule has 0 saturated heterocycles. The van der Waals surface area contributed by atoms with Crippen molar-refractivity contribution in [1.29, 1.82) is 0 Å². The highest BCUT2D eigenvalue weighted by molar-refractivity contribution is 7.99. The first-order valence-electron chi connectivity index (χ1n) is 8.69. The van der Waals surface area contributed by atoms with Gasteiger partial charge in [0.25, 0.3) is 5.22 Å². The molecule has 3 aromatic heterocycles. The summed E-state index contributed by atoms with van der Waals surface area (Å²) in [6.45, 7) is 3.71. The third-order valence-corrected chi connectivity index (χ3v) is 5.71. The van der Waals surface area contributed by atoms with Crippen LogP contribution in [0.3, 0.4) is 0 Å². The Morgan fingerprint density at radius 2 is 2.03 bits per heavy atom. The number of hydrogen-bond donors (Lipinski definition) is 0. The van der Waals surface area contributed by atoms with Gasteiger partial charge in [-0.3, -0.25) is 0 Å². The van der Waals surface area contributed by atoms with Crippen molar-refractivity contribution in [3.05, 3.63) is 57.7 Å². The Bertz CT molecular complexity index is 1150. The number of alkyl halides is 3. The first kappa shape index (κ1) is 20.5. The number of aryl methyl sites for hydroxylation is 1. The molecule has 12 heteroatoms. The molecule has 0 radical (unpaired) electrons. The SMILES string of the molecule is Cc1nc(Cc2nnc(SC(C)c3nc(-c4cccc(C(F)(F)F)c4)no3)o2)cs1. The molecule has 156 valence electrons. The summed E-state index contributed by atoms with van der Waals surface area (Å²) in [4.78, 5) is 8.57. The number of nitrogens with zero attached hydrogens (tertiary/aromatic N) is 5. The van der Waals surface area contributed by atoms with Crippen LogP contribution in [0.25, 0.3) is 11.4 Å². The van der Waals surface area contributed by atoms with Crippen LogP contribution in [0.4, 0.5) is 13.2 Å². The lowest BCUT2D eigenvalue weighted by Crippen LogP contribution is -2.04. The number of hydrogen-bond acceptors (Lipinski definition) is 9. The minimum Gasteiger partial charge on any atom is -0.416 e. The van der Waals surface area contributed by atoms with E-state index >= 15 is 0 Å². The molecule has 4 rings (SSSR count). The fourth-order valence-corrected chi connectivity index (χ4v) is 3.90. The van der Waals surface area contributed by atoms with Crippen LogP contribution in [-0.4, -0.2) is 25.3 Å². The highest BCUT2D eigenvalue weighted by Gasteiger charge is 2.31. The number of halogens is 3. The molecule has 0 saturated carbocycles. The standard InChI is InChI=1S/C18H14F3N5O2S2/c1-9(30-17-25-24-14(27-17)7-13-8-29-10(2)22-13)16-23-15(26-28-16)11-4-3-5-12(6-11)18(19,20)21/h3-6,8-9H,7H2,1-2H3. The largest absolute Gasteiger partial charge is 0.416 e. The minimum absolute atomic E-state index is 0.0775.